The van der Waals surface area contributed by atoms with Gasteiger partial charge in [0.25, 0.3) is 0 Å². The standard InChI is InChI=1S/C9H11FN2O/c10-9-3-1-8(2-4-9)7-13-12-6-5-11/h1-4,6H,5,7,11H2/b12-6+. The Hall–Kier alpha value is -1.42. The number of hydrogen-bond acceptors (Lipinski definition) is 3. The van der Waals surface area contributed by atoms with Gasteiger partial charge in [0.1, 0.15) is 12.4 Å². The van der Waals surface area contributed by atoms with Crippen LogP contribution in [0.2, 0.25) is 0 Å². The zero-order valence-electron chi connectivity index (χ0n) is 7.11. The first-order valence-corrected chi connectivity index (χ1v) is 3.91. The molecule has 70 valence electrons. The molecule has 0 fully saturated rings. The van der Waals surface area contributed by atoms with Gasteiger partial charge in [-0.2, -0.15) is 0 Å². The Balaban J connectivity index is 2.37. The Labute approximate surface area is 76.0 Å². The molecule has 0 bridgehead atoms. The molecule has 0 aliphatic carbocycles. The van der Waals surface area contributed by atoms with E-state index in [1.54, 1.807) is 12.1 Å². The van der Waals surface area contributed by atoms with Gasteiger partial charge in [0.15, 0.2) is 0 Å². The number of nitrogens with two attached hydrogens (primary N) is 1. The highest BCUT2D eigenvalue weighted by molar-refractivity contribution is 5.58. The minimum Gasteiger partial charge on any atom is -0.391 e. The summed E-state index contributed by atoms with van der Waals surface area (Å²) < 4.78 is 12.4. The lowest BCUT2D eigenvalue weighted by atomic mass is 10.2. The number of oxime groups is 1. The third-order valence-electron chi connectivity index (χ3n) is 1.40. The van der Waals surface area contributed by atoms with E-state index in [9.17, 15) is 4.39 Å². The van der Waals surface area contributed by atoms with Crippen LogP contribution in [0.4, 0.5) is 4.39 Å². The van der Waals surface area contributed by atoms with Gasteiger partial charge in [-0.25, -0.2) is 4.39 Å². The highest BCUT2D eigenvalue weighted by atomic mass is 19.1. The first kappa shape index (κ1) is 9.67. The smallest absolute Gasteiger partial charge is 0.142 e. The summed E-state index contributed by atoms with van der Waals surface area (Å²) in [6.45, 7) is 0.681. The molecule has 0 aromatic heterocycles. The van der Waals surface area contributed by atoms with Gasteiger partial charge in [0, 0.05) is 6.54 Å². The van der Waals surface area contributed by atoms with Crippen molar-refractivity contribution in [2.45, 2.75) is 6.61 Å². The first-order chi connectivity index (χ1) is 6.33. The summed E-state index contributed by atoms with van der Waals surface area (Å²) >= 11 is 0. The molecule has 0 unspecified atom stereocenters. The highest BCUT2D eigenvalue weighted by Gasteiger charge is 1.92. The van der Waals surface area contributed by atoms with E-state index in [-0.39, 0.29) is 5.82 Å². The molecule has 2 N–H and O–H groups in total. The highest BCUT2D eigenvalue weighted by Crippen LogP contribution is 2.03. The molecule has 13 heavy (non-hydrogen) atoms. The summed E-state index contributed by atoms with van der Waals surface area (Å²) in [6.07, 6.45) is 1.46. The lowest BCUT2D eigenvalue weighted by Crippen LogP contribution is -1.99. The summed E-state index contributed by atoms with van der Waals surface area (Å²) in [5, 5.41) is 3.56. The predicted octanol–water partition coefficient (Wildman–Crippen LogP) is 1.29. The molecule has 0 saturated heterocycles. The molecule has 0 aliphatic heterocycles. The maximum atomic E-state index is 12.4. The predicted molar refractivity (Wildman–Crippen MR) is 48.7 cm³/mol. The summed E-state index contributed by atoms with van der Waals surface area (Å²) in [6, 6.07) is 6.05. The first-order valence-electron chi connectivity index (χ1n) is 3.91. The van der Waals surface area contributed by atoms with Gasteiger partial charge in [0.05, 0.1) is 6.21 Å². The largest absolute Gasteiger partial charge is 0.391 e. The van der Waals surface area contributed by atoms with Crippen molar-refractivity contribution in [2.24, 2.45) is 10.9 Å². The number of hydrogen-bond donors (Lipinski definition) is 1. The number of halogens is 1. The third kappa shape index (κ3) is 3.66. The van der Waals surface area contributed by atoms with Crippen LogP contribution in [-0.2, 0) is 11.4 Å². The molecule has 0 aliphatic rings. The van der Waals surface area contributed by atoms with Crippen molar-refractivity contribution in [3.63, 3.8) is 0 Å². The van der Waals surface area contributed by atoms with E-state index in [0.717, 1.165) is 5.56 Å². The van der Waals surface area contributed by atoms with Crippen molar-refractivity contribution >= 4 is 6.21 Å². The van der Waals surface area contributed by atoms with Crippen LogP contribution < -0.4 is 5.73 Å². The molecule has 0 radical (unpaired) electrons. The topological polar surface area (TPSA) is 47.6 Å². The minimum atomic E-state index is -0.255. The van der Waals surface area contributed by atoms with Crippen LogP contribution in [0.1, 0.15) is 5.56 Å². The van der Waals surface area contributed by atoms with E-state index in [1.165, 1.54) is 18.3 Å². The van der Waals surface area contributed by atoms with E-state index in [0.29, 0.717) is 13.2 Å². The quantitative estimate of drug-likeness (QED) is 0.563. The normalized spacial score (nSPS) is 10.6. The van der Waals surface area contributed by atoms with Gasteiger partial charge < -0.3 is 10.6 Å². The van der Waals surface area contributed by atoms with Crippen molar-refractivity contribution in [2.75, 3.05) is 6.54 Å². The maximum absolute atomic E-state index is 12.4. The monoisotopic (exact) mass is 182 g/mol. The van der Waals surface area contributed by atoms with Crippen LogP contribution in [0.25, 0.3) is 0 Å². The number of nitrogens with zero attached hydrogens (tertiary/aromatic N) is 1. The molecular formula is C9H11FN2O. The second-order valence-electron chi connectivity index (χ2n) is 2.42. The van der Waals surface area contributed by atoms with Crippen molar-refractivity contribution in [3.05, 3.63) is 35.6 Å². The average Bonchev–Trinajstić information content (AvgIpc) is 2.15. The molecular weight excluding hydrogens is 171 g/mol. The van der Waals surface area contributed by atoms with E-state index >= 15 is 0 Å². The van der Waals surface area contributed by atoms with E-state index in [1.807, 2.05) is 0 Å². The Morgan fingerprint density at radius 3 is 2.69 bits per heavy atom. The Bertz CT molecular complexity index is 271. The van der Waals surface area contributed by atoms with Crippen LogP contribution in [0.5, 0.6) is 0 Å². The van der Waals surface area contributed by atoms with Gasteiger partial charge in [-0.3, -0.25) is 0 Å². The van der Waals surface area contributed by atoms with Gasteiger partial charge >= 0.3 is 0 Å². The van der Waals surface area contributed by atoms with Crippen molar-refractivity contribution in [1.82, 2.24) is 0 Å². The van der Waals surface area contributed by atoms with Crippen LogP contribution in [0.15, 0.2) is 29.4 Å². The molecule has 1 aromatic carbocycles. The van der Waals surface area contributed by atoms with Crippen LogP contribution >= 0.6 is 0 Å². The van der Waals surface area contributed by atoms with E-state index < -0.39 is 0 Å². The molecule has 0 amide bonds. The summed E-state index contributed by atoms with van der Waals surface area (Å²) in [4.78, 5) is 4.87. The Morgan fingerprint density at radius 2 is 2.08 bits per heavy atom. The number of benzene rings is 1. The summed E-state index contributed by atoms with van der Waals surface area (Å²) in [5.74, 6) is -0.255. The zero-order chi connectivity index (χ0) is 9.52. The van der Waals surface area contributed by atoms with Crippen LogP contribution in [0, 0.1) is 5.82 Å². The van der Waals surface area contributed by atoms with E-state index in [4.69, 9.17) is 10.6 Å². The molecule has 1 rings (SSSR count). The molecule has 1 aromatic rings. The fourth-order valence-corrected chi connectivity index (χ4v) is 0.788. The molecule has 0 heterocycles. The second-order valence-corrected chi connectivity index (χ2v) is 2.42. The SMILES string of the molecule is NC/C=N/OCc1ccc(F)cc1. The fraction of sp³-hybridized carbons (Fsp3) is 0.222. The maximum Gasteiger partial charge on any atom is 0.142 e. The molecule has 0 atom stereocenters. The second kappa shape index (κ2) is 5.27. The average molecular weight is 182 g/mol. The Kier molecular flexibility index (Phi) is 3.92. The zero-order valence-corrected chi connectivity index (χ0v) is 7.11. The molecule has 3 nitrogen and oxygen atoms in total. The molecule has 0 spiro atoms. The fourth-order valence-electron chi connectivity index (χ4n) is 0.788. The van der Waals surface area contributed by atoms with Gasteiger partial charge in [-0.05, 0) is 17.7 Å². The van der Waals surface area contributed by atoms with Crippen LogP contribution in [0.3, 0.4) is 0 Å². The number of rotatable bonds is 4. The van der Waals surface area contributed by atoms with Gasteiger partial charge in [-0.15, -0.1) is 0 Å². The third-order valence-corrected chi connectivity index (χ3v) is 1.40. The summed E-state index contributed by atoms with van der Waals surface area (Å²) in [7, 11) is 0. The van der Waals surface area contributed by atoms with Crippen molar-refractivity contribution in [1.29, 1.82) is 0 Å². The van der Waals surface area contributed by atoms with Gasteiger partial charge in [-0.1, -0.05) is 17.3 Å². The summed E-state index contributed by atoms with van der Waals surface area (Å²) in [5.41, 5.74) is 6.02. The lowest BCUT2D eigenvalue weighted by Gasteiger charge is -1.98. The van der Waals surface area contributed by atoms with E-state index in [2.05, 4.69) is 5.16 Å². The Morgan fingerprint density at radius 1 is 1.38 bits per heavy atom. The van der Waals surface area contributed by atoms with Crippen LogP contribution in [-0.4, -0.2) is 12.8 Å². The lowest BCUT2D eigenvalue weighted by molar-refractivity contribution is 0.131. The van der Waals surface area contributed by atoms with Crippen molar-refractivity contribution in [3.8, 4) is 0 Å². The van der Waals surface area contributed by atoms with Crippen molar-refractivity contribution < 1.29 is 9.23 Å². The van der Waals surface area contributed by atoms with Gasteiger partial charge in [0.2, 0.25) is 0 Å². The molecule has 0 saturated carbocycles. The molecule has 4 heteroatoms. The minimum absolute atomic E-state index is 0.255.